The van der Waals surface area contributed by atoms with Crippen LogP contribution in [0.5, 0.6) is 0 Å². The molecule has 124 valence electrons. The number of carbonyl (C=O) groups excluding carboxylic acids is 2. The highest BCUT2D eigenvalue weighted by atomic mass is 19.4. The van der Waals surface area contributed by atoms with Crippen LogP contribution in [-0.4, -0.2) is 55.1 Å². The summed E-state index contributed by atoms with van der Waals surface area (Å²) in [6.45, 7) is 0.595. The van der Waals surface area contributed by atoms with Crippen molar-refractivity contribution in [1.82, 2.24) is 15.5 Å². The van der Waals surface area contributed by atoms with E-state index in [1.165, 1.54) is 0 Å². The number of piperidine rings is 1. The van der Waals surface area contributed by atoms with Crippen LogP contribution in [0.25, 0.3) is 0 Å². The number of carbonyl (C=O) groups is 2. The van der Waals surface area contributed by atoms with Gasteiger partial charge in [0.2, 0.25) is 11.8 Å². The Morgan fingerprint density at radius 2 is 2.05 bits per heavy atom. The Morgan fingerprint density at radius 1 is 1.36 bits per heavy atom. The van der Waals surface area contributed by atoms with Gasteiger partial charge in [0.15, 0.2) is 0 Å². The summed E-state index contributed by atoms with van der Waals surface area (Å²) >= 11 is 0. The quantitative estimate of drug-likeness (QED) is 0.803. The van der Waals surface area contributed by atoms with Gasteiger partial charge < -0.3 is 15.5 Å². The molecule has 2 saturated heterocycles. The average Bonchev–Trinajstić information content (AvgIpc) is 3.04. The molecular formula is C14H20F3N3O2. The Labute approximate surface area is 126 Å². The van der Waals surface area contributed by atoms with Gasteiger partial charge in [0.05, 0.1) is 0 Å². The summed E-state index contributed by atoms with van der Waals surface area (Å²) in [4.78, 5) is 25.0. The SMILES string of the molecule is O=C(NC1CCN(CC(F)(F)F)C1=O)C1CC12CCNCC2. The number of nitrogens with zero attached hydrogens (tertiary/aromatic N) is 1. The van der Waals surface area contributed by atoms with Gasteiger partial charge in [0, 0.05) is 12.5 Å². The van der Waals surface area contributed by atoms with Crippen LogP contribution in [0.2, 0.25) is 0 Å². The van der Waals surface area contributed by atoms with E-state index in [4.69, 9.17) is 0 Å². The van der Waals surface area contributed by atoms with Crippen molar-refractivity contribution in [2.24, 2.45) is 11.3 Å². The van der Waals surface area contributed by atoms with Crippen LogP contribution in [0.3, 0.4) is 0 Å². The molecule has 22 heavy (non-hydrogen) atoms. The van der Waals surface area contributed by atoms with Gasteiger partial charge in [-0.1, -0.05) is 0 Å². The van der Waals surface area contributed by atoms with Crippen molar-refractivity contribution in [2.75, 3.05) is 26.2 Å². The first-order chi connectivity index (χ1) is 10.3. The van der Waals surface area contributed by atoms with E-state index in [0.717, 1.165) is 37.3 Å². The van der Waals surface area contributed by atoms with Gasteiger partial charge in [-0.25, -0.2) is 0 Å². The first-order valence-electron chi connectivity index (χ1n) is 7.67. The molecule has 3 rings (SSSR count). The lowest BCUT2D eigenvalue weighted by atomic mass is 9.91. The van der Waals surface area contributed by atoms with Crippen molar-refractivity contribution in [3.8, 4) is 0 Å². The summed E-state index contributed by atoms with van der Waals surface area (Å²) in [7, 11) is 0. The lowest BCUT2D eigenvalue weighted by molar-refractivity contribution is -0.158. The van der Waals surface area contributed by atoms with Crippen LogP contribution in [0.1, 0.15) is 25.7 Å². The fourth-order valence-corrected chi connectivity index (χ4v) is 3.71. The third-order valence-corrected chi connectivity index (χ3v) is 5.09. The van der Waals surface area contributed by atoms with Crippen molar-refractivity contribution in [1.29, 1.82) is 0 Å². The molecule has 0 radical (unpaired) electrons. The highest BCUT2D eigenvalue weighted by molar-refractivity contribution is 5.91. The van der Waals surface area contributed by atoms with Crippen LogP contribution in [0, 0.1) is 11.3 Å². The van der Waals surface area contributed by atoms with E-state index in [9.17, 15) is 22.8 Å². The van der Waals surface area contributed by atoms with E-state index < -0.39 is 24.7 Å². The Hall–Kier alpha value is -1.31. The lowest BCUT2D eigenvalue weighted by Gasteiger charge is -2.23. The summed E-state index contributed by atoms with van der Waals surface area (Å²) in [6.07, 6.45) is -1.42. The molecule has 2 atom stereocenters. The lowest BCUT2D eigenvalue weighted by Crippen LogP contribution is -2.45. The number of alkyl halides is 3. The molecule has 5 nitrogen and oxygen atoms in total. The zero-order valence-corrected chi connectivity index (χ0v) is 12.2. The second kappa shape index (κ2) is 5.40. The maximum atomic E-state index is 12.4. The smallest absolute Gasteiger partial charge is 0.344 e. The number of hydrogen-bond acceptors (Lipinski definition) is 3. The molecule has 2 amide bonds. The van der Waals surface area contributed by atoms with Gasteiger partial charge in [-0.05, 0) is 44.2 Å². The van der Waals surface area contributed by atoms with Crippen molar-refractivity contribution in [2.45, 2.75) is 37.9 Å². The topological polar surface area (TPSA) is 61.4 Å². The monoisotopic (exact) mass is 319 g/mol. The van der Waals surface area contributed by atoms with E-state index in [2.05, 4.69) is 10.6 Å². The summed E-state index contributed by atoms with van der Waals surface area (Å²) in [5, 5.41) is 5.91. The molecule has 1 saturated carbocycles. The molecule has 2 aliphatic heterocycles. The molecule has 8 heteroatoms. The molecule has 0 aromatic rings. The van der Waals surface area contributed by atoms with Crippen LogP contribution in [0.15, 0.2) is 0 Å². The molecule has 2 N–H and O–H groups in total. The van der Waals surface area contributed by atoms with Crippen LogP contribution < -0.4 is 10.6 Å². The maximum Gasteiger partial charge on any atom is 0.406 e. The highest BCUT2D eigenvalue weighted by Gasteiger charge is 2.58. The zero-order valence-electron chi connectivity index (χ0n) is 12.2. The van der Waals surface area contributed by atoms with Crippen LogP contribution in [0.4, 0.5) is 13.2 Å². The molecule has 0 aromatic heterocycles. The summed E-state index contributed by atoms with van der Waals surface area (Å²) in [5.41, 5.74) is 0.0582. The van der Waals surface area contributed by atoms with Crippen molar-refractivity contribution < 1.29 is 22.8 Å². The van der Waals surface area contributed by atoms with Crippen molar-refractivity contribution in [3.05, 3.63) is 0 Å². The second-order valence-corrected chi connectivity index (χ2v) is 6.59. The summed E-state index contributed by atoms with van der Waals surface area (Å²) < 4.78 is 37.1. The minimum Gasteiger partial charge on any atom is -0.344 e. The number of likely N-dealkylation sites (tertiary alicyclic amines) is 1. The Balaban J connectivity index is 1.52. The van der Waals surface area contributed by atoms with Gasteiger partial charge in [-0.3, -0.25) is 9.59 Å². The van der Waals surface area contributed by atoms with Gasteiger partial charge in [-0.2, -0.15) is 13.2 Å². The minimum absolute atomic E-state index is 0.0447. The second-order valence-electron chi connectivity index (χ2n) is 6.59. The van der Waals surface area contributed by atoms with Gasteiger partial charge in [0.25, 0.3) is 0 Å². The number of amides is 2. The fourth-order valence-electron chi connectivity index (χ4n) is 3.71. The van der Waals surface area contributed by atoms with E-state index >= 15 is 0 Å². The highest BCUT2D eigenvalue weighted by Crippen LogP contribution is 2.58. The fraction of sp³-hybridized carbons (Fsp3) is 0.857. The van der Waals surface area contributed by atoms with E-state index in [1.807, 2.05) is 0 Å². The summed E-state index contributed by atoms with van der Waals surface area (Å²) in [5.74, 6) is -0.876. The number of halogens is 3. The third kappa shape index (κ3) is 3.06. The van der Waals surface area contributed by atoms with Gasteiger partial charge in [-0.15, -0.1) is 0 Å². The Morgan fingerprint density at radius 3 is 2.68 bits per heavy atom. The first kappa shape index (κ1) is 15.6. The number of hydrogen-bond donors (Lipinski definition) is 2. The van der Waals surface area contributed by atoms with E-state index in [-0.39, 0.29) is 30.2 Å². The Kier molecular flexibility index (Phi) is 3.82. The van der Waals surface area contributed by atoms with E-state index in [1.54, 1.807) is 0 Å². The minimum atomic E-state index is -4.40. The first-order valence-corrected chi connectivity index (χ1v) is 7.67. The molecule has 3 fully saturated rings. The Bertz CT molecular complexity index is 474. The predicted molar refractivity (Wildman–Crippen MR) is 71.8 cm³/mol. The largest absolute Gasteiger partial charge is 0.406 e. The molecular weight excluding hydrogens is 299 g/mol. The standard InChI is InChI=1S/C14H20F3N3O2/c15-14(16,17)8-20-6-1-10(12(20)22)19-11(21)9-7-13(9)2-4-18-5-3-13/h9-10,18H,1-8H2,(H,19,21). The molecule has 0 bridgehead atoms. The molecule has 2 unspecified atom stereocenters. The zero-order chi connectivity index (χ0) is 16.0. The molecule has 1 aliphatic carbocycles. The molecule has 2 heterocycles. The van der Waals surface area contributed by atoms with Crippen molar-refractivity contribution in [3.63, 3.8) is 0 Å². The number of nitrogens with one attached hydrogen (secondary N) is 2. The third-order valence-electron chi connectivity index (χ3n) is 5.09. The molecule has 1 spiro atoms. The van der Waals surface area contributed by atoms with Crippen LogP contribution in [-0.2, 0) is 9.59 Å². The van der Waals surface area contributed by atoms with Gasteiger partial charge in [0.1, 0.15) is 12.6 Å². The van der Waals surface area contributed by atoms with E-state index in [0.29, 0.717) is 0 Å². The normalized spacial score (nSPS) is 30.7. The average molecular weight is 319 g/mol. The molecule has 3 aliphatic rings. The number of rotatable bonds is 3. The van der Waals surface area contributed by atoms with Crippen molar-refractivity contribution >= 4 is 11.8 Å². The van der Waals surface area contributed by atoms with Gasteiger partial charge >= 0.3 is 6.18 Å². The predicted octanol–water partition coefficient (Wildman–Crippen LogP) is 0.655. The maximum absolute atomic E-state index is 12.4. The summed E-state index contributed by atoms with van der Waals surface area (Å²) in [6, 6.07) is -0.797. The van der Waals surface area contributed by atoms with Crippen LogP contribution >= 0.6 is 0 Å². The molecule has 0 aromatic carbocycles.